The largest absolute Gasteiger partial charge is 0.417 e. The number of benzene rings is 2. The number of aliphatic hydroxyl groups is 2. The van der Waals surface area contributed by atoms with Crippen molar-refractivity contribution in [2.45, 2.75) is 150 Å². The molecule has 2 aromatic heterocycles. The summed E-state index contributed by atoms with van der Waals surface area (Å²) in [6.07, 6.45) is -1.49. The third kappa shape index (κ3) is 17.9. The zero-order valence-corrected chi connectivity index (χ0v) is 57.4. The number of β-amino-alcohol motifs (C(OH)–C–C–N with tert-alkyl or cyclic N) is 2. The number of thioether (sulfide) groups is 2. The third-order valence-electron chi connectivity index (χ3n) is 20.1. The van der Waals surface area contributed by atoms with Crippen LogP contribution in [0.15, 0.2) is 46.2 Å². The Morgan fingerprint density at radius 1 is 0.638 bits per heavy atom. The molecule has 7 aliphatic rings. The molecule has 94 heavy (non-hydrogen) atoms. The van der Waals surface area contributed by atoms with Gasteiger partial charge in [0.25, 0.3) is 0 Å². The summed E-state index contributed by atoms with van der Waals surface area (Å²) in [6.45, 7) is 12.9. The molecule has 20 nitrogen and oxygen atoms in total. The SMILES string of the molecule is CC1CCN(CCSc2cc(-c3nn(CC(O)CN4CCC(NC(=O)CC(C(O)CN5CCC(N6CCCC6)CC5)n5nc(-c6ccc(C(F)(F)F)c(SCCN7CCOCC7)c6)c6c5CCN(S(C)(=O)=O)C6)CC4)c4c3CN(S(C)(=O)=O)CC4)ccc2C(F)(F)F)CC1. The fourth-order valence-electron chi connectivity index (χ4n) is 14.7. The molecule has 3 atom stereocenters. The van der Waals surface area contributed by atoms with Crippen LogP contribution >= 0.6 is 23.5 Å². The maximum Gasteiger partial charge on any atom is 0.417 e. The van der Waals surface area contributed by atoms with Gasteiger partial charge < -0.3 is 39.9 Å². The zero-order valence-electron chi connectivity index (χ0n) is 54.1. The van der Waals surface area contributed by atoms with Crippen LogP contribution < -0.4 is 5.32 Å². The number of aromatic nitrogens is 4. The number of aliphatic hydroxyl groups excluding tert-OH is 2. The molecule has 3 N–H and O–H groups in total. The minimum Gasteiger partial charge on any atom is -0.390 e. The molecule has 9 heterocycles. The Hall–Kier alpha value is -3.89. The molecule has 0 aliphatic carbocycles. The van der Waals surface area contributed by atoms with Crippen molar-refractivity contribution in [1.29, 1.82) is 0 Å². The van der Waals surface area contributed by atoms with Gasteiger partial charge in [-0.15, -0.1) is 23.5 Å². The lowest BCUT2D eigenvalue weighted by molar-refractivity contribution is -0.140. The van der Waals surface area contributed by atoms with E-state index in [-0.39, 0.29) is 92.5 Å². The van der Waals surface area contributed by atoms with Gasteiger partial charge in [-0.25, -0.2) is 16.8 Å². The summed E-state index contributed by atoms with van der Waals surface area (Å²) >= 11 is 2.24. The van der Waals surface area contributed by atoms with Crippen LogP contribution in [-0.4, -0.2) is 252 Å². The lowest BCUT2D eigenvalue weighted by Gasteiger charge is -2.38. The standard InChI is InChI=1S/C64H92F6N12O8S4/c1-44-10-20-74(21-11-44)30-34-91-58-36-45(6-8-52(58)63(65,66)67)61-50-41-79(93(2,86)87)26-16-54(50)81(72-61)40-49(83)39-76-22-12-47(13-23-76)71-60(85)38-56(57(84)43-77-24-14-48(15-25-77)78-18-4-5-19-78)82-55-17-27-80(94(3,88)89)42-51(55)62(73-82)46-7-9-53(64(68,69)70)59(37-46)92-35-31-75-28-32-90-33-29-75/h6-9,36-37,44,47-49,56-57,83-84H,4-5,10-35,38-43H2,1-3H3,(H,71,85). The summed E-state index contributed by atoms with van der Waals surface area (Å²) < 4.78 is 151. The first-order valence-corrected chi connectivity index (χ1v) is 39.0. The molecule has 4 aromatic rings. The number of sulfonamides is 2. The molecule has 30 heteroatoms. The lowest BCUT2D eigenvalue weighted by atomic mass is 9.98. The lowest BCUT2D eigenvalue weighted by Crippen LogP contribution is -2.49. The molecule has 5 saturated heterocycles. The van der Waals surface area contributed by atoms with E-state index in [4.69, 9.17) is 14.9 Å². The normalized spacial score (nSPS) is 21.8. The molecular formula is C64H92F6N12O8S4. The second-order valence-electron chi connectivity index (χ2n) is 26.9. The Balaban J connectivity index is 0.789. The average molecular weight is 1400 g/mol. The first kappa shape index (κ1) is 71.4. The summed E-state index contributed by atoms with van der Waals surface area (Å²) in [5.41, 5.74) is 2.28. The quantitative estimate of drug-likeness (QED) is 0.0486. The van der Waals surface area contributed by atoms with Crippen molar-refractivity contribution >= 4 is 49.5 Å². The third-order valence-corrected chi connectivity index (χ3v) is 24.7. The number of nitrogens with one attached hydrogen (secondary N) is 1. The van der Waals surface area contributed by atoms with Gasteiger partial charge in [0.2, 0.25) is 26.0 Å². The second-order valence-corrected chi connectivity index (χ2v) is 33.1. The van der Waals surface area contributed by atoms with E-state index in [1.54, 1.807) is 9.36 Å². The summed E-state index contributed by atoms with van der Waals surface area (Å²) in [5.74, 6) is 1.11. The maximum atomic E-state index is 14.7. The molecule has 3 unspecified atom stereocenters. The van der Waals surface area contributed by atoms with Crippen LogP contribution in [0.2, 0.25) is 0 Å². The summed E-state index contributed by atoms with van der Waals surface area (Å²) in [7, 11) is -7.38. The first-order chi connectivity index (χ1) is 44.7. The molecule has 11 rings (SSSR count). The van der Waals surface area contributed by atoms with Gasteiger partial charge in [0.15, 0.2) is 0 Å². The van der Waals surface area contributed by atoms with Crippen molar-refractivity contribution in [2.75, 3.05) is 142 Å². The smallest absolute Gasteiger partial charge is 0.390 e. The number of carbonyl (C=O) groups is 1. The Morgan fingerprint density at radius 2 is 1.14 bits per heavy atom. The van der Waals surface area contributed by atoms with Gasteiger partial charge in [-0.2, -0.15) is 45.2 Å². The number of amides is 1. The number of rotatable bonds is 24. The molecular weight excluding hydrogens is 1310 g/mol. The number of ether oxygens (including phenoxy) is 1. The van der Waals surface area contributed by atoms with E-state index in [1.807, 2.05) is 0 Å². The number of likely N-dealkylation sites (tertiary alicyclic amines) is 4. The minimum absolute atomic E-state index is 0.0113. The van der Waals surface area contributed by atoms with Crippen LogP contribution in [-0.2, 0) is 74.4 Å². The van der Waals surface area contributed by atoms with Crippen molar-refractivity contribution < 1.29 is 62.9 Å². The highest BCUT2D eigenvalue weighted by atomic mass is 32.2. The van der Waals surface area contributed by atoms with Crippen LogP contribution in [0.3, 0.4) is 0 Å². The van der Waals surface area contributed by atoms with E-state index in [0.717, 1.165) is 113 Å². The van der Waals surface area contributed by atoms with Crippen LogP contribution in [0.5, 0.6) is 0 Å². The van der Waals surface area contributed by atoms with Gasteiger partial charge in [-0.05, 0) is 121 Å². The molecule has 0 spiro atoms. The van der Waals surface area contributed by atoms with Crippen LogP contribution in [0.1, 0.15) is 104 Å². The average Bonchev–Trinajstić information content (AvgIpc) is 1.67. The molecule has 0 radical (unpaired) electrons. The number of nitrogens with zero attached hydrogens (tertiary/aromatic N) is 11. The van der Waals surface area contributed by atoms with Gasteiger partial charge in [-0.3, -0.25) is 19.1 Å². The summed E-state index contributed by atoms with van der Waals surface area (Å²) in [5, 5.41) is 37.6. The highest BCUT2D eigenvalue weighted by Crippen LogP contribution is 2.43. The zero-order chi connectivity index (χ0) is 66.7. The van der Waals surface area contributed by atoms with Crippen molar-refractivity contribution in [3.63, 3.8) is 0 Å². The monoisotopic (exact) mass is 1400 g/mol. The number of carbonyl (C=O) groups excluding carboxylic acids is 1. The predicted molar refractivity (Wildman–Crippen MR) is 350 cm³/mol. The fraction of sp³-hybridized carbons (Fsp3) is 0.703. The number of hydrogen-bond donors (Lipinski definition) is 3. The van der Waals surface area contributed by atoms with Gasteiger partial charge in [0.05, 0.1) is 79.5 Å². The number of alkyl halides is 6. The van der Waals surface area contributed by atoms with Crippen LogP contribution in [0, 0.1) is 5.92 Å². The van der Waals surface area contributed by atoms with Gasteiger partial charge in [0, 0.05) is 158 Å². The highest BCUT2D eigenvalue weighted by molar-refractivity contribution is 7.99. The Labute approximate surface area is 557 Å². The summed E-state index contributed by atoms with van der Waals surface area (Å²) in [4.78, 5) is 26.0. The fourth-order valence-corrected chi connectivity index (χ4v) is 18.5. The summed E-state index contributed by atoms with van der Waals surface area (Å²) in [6, 6.07) is 7.08. The number of fused-ring (bicyclic) bond motifs is 2. The van der Waals surface area contributed by atoms with E-state index in [2.05, 4.69) is 36.7 Å². The van der Waals surface area contributed by atoms with Crippen LogP contribution in [0.25, 0.3) is 22.5 Å². The number of morpholine rings is 1. The van der Waals surface area contributed by atoms with Crippen LogP contribution in [0.4, 0.5) is 26.3 Å². The molecule has 5 fully saturated rings. The molecule has 522 valence electrons. The maximum absolute atomic E-state index is 14.7. The highest BCUT2D eigenvalue weighted by Gasteiger charge is 2.40. The van der Waals surface area contributed by atoms with Gasteiger partial charge >= 0.3 is 12.4 Å². The Bertz CT molecular complexity index is 3470. The van der Waals surface area contributed by atoms with Crippen molar-refractivity contribution in [3.8, 4) is 22.5 Å². The topological polar surface area (TPSA) is 205 Å². The van der Waals surface area contributed by atoms with Gasteiger partial charge in [-0.1, -0.05) is 19.1 Å². The molecule has 1 amide bonds. The van der Waals surface area contributed by atoms with E-state index in [1.165, 1.54) is 45.7 Å². The Morgan fingerprint density at radius 3 is 1.69 bits per heavy atom. The predicted octanol–water partition coefficient (Wildman–Crippen LogP) is 6.83. The molecule has 0 bridgehead atoms. The molecule has 7 aliphatic heterocycles. The van der Waals surface area contributed by atoms with E-state index in [0.29, 0.717) is 128 Å². The van der Waals surface area contributed by atoms with E-state index < -0.39 is 61.8 Å². The van der Waals surface area contributed by atoms with Crippen molar-refractivity contribution in [1.82, 2.24) is 58.0 Å². The van der Waals surface area contributed by atoms with E-state index in [9.17, 15) is 58.2 Å². The molecule has 0 saturated carbocycles. The van der Waals surface area contributed by atoms with Crippen molar-refractivity contribution in [2.24, 2.45) is 5.92 Å². The number of halogens is 6. The van der Waals surface area contributed by atoms with Gasteiger partial charge in [0.1, 0.15) is 0 Å². The minimum atomic E-state index is -4.66. The first-order valence-electron chi connectivity index (χ1n) is 33.4. The second kappa shape index (κ2) is 30.7. The van der Waals surface area contributed by atoms with Crippen molar-refractivity contribution in [3.05, 3.63) is 70.0 Å². The number of hydrogen-bond acceptors (Lipinski definition) is 17. The Kier molecular flexibility index (Phi) is 23.3. The molecule has 2 aromatic carbocycles. The van der Waals surface area contributed by atoms with E-state index >= 15 is 0 Å². The number of piperidine rings is 3.